The lowest BCUT2D eigenvalue weighted by Crippen LogP contribution is -2.54. The second kappa shape index (κ2) is 4.97. The molecule has 3 atom stereocenters. The predicted molar refractivity (Wildman–Crippen MR) is 79.3 cm³/mol. The van der Waals surface area contributed by atoms with Gasteiger partial charge in [-0.1, -0.05) is 44.2 Å². The third-order valence-electron chi connectivity index (χ3n) is 4.41. The van der Waals surface area contributed by atoms with Crippen LogP contribution in [0.15, 0.2) is 42.0 Å². The summed E-state index contributed by atoms with van der Waals surface area (Å²) < 4.78 is 5.90. The van der Waals surface area contributed by atoms with E-state index < -0.39 is 17.9 Å². The predicted octanol–water partition coefficient (Wildman–Crippen LogP) is 2.26. The molecule has 112 valence electrons. The molecule has 2 aliphatic rings. The van der Waals surface area contributed by atoms with Gasteiger partial charge in [0, 0.05) is 11.1 Å². The van der Waals surface area contributed by atoms with Crippen molar-refractivity contribution in [3.8, 4) is 0 Å². The highest BCUT2D eigenvalue weighted by molar-refractivity contribution is 5.97. The number of hydrogen-bond donors (Lipinski definition) is 1. The lowest BCUT2D eigenvalue weighted by Gasteiger charge is -2.37. The Morgan fingerprint density at radius 2 is 2.00 bits per heavy atom. The van der Waals surface area contributed by atoms with Crippen molar-refractivity contribution in [3.63, 3.8) is 0 Å². The van der Waals surface area contributed by atoms with Crippen LogP contribution in [0.4, 0.5) is 0 Å². The Morgan fingerprint density at radius 1 is 1.33 bits per heavy atom. The molecule has 0 aliphatic carbocycles. The molecular formula is C17H21NO3. The van der Waals surface area contributed by atoms with Crippen LogP contribution in [0, 0.1) is 5.92 Å². The van der Waals surface area contributed by atoms with Gasteiger partial charge in [0.15, 0.2) is 6.23 Å². The maximum atomic E-state index is 12.6. The minimum Gasteiger partial charge on any atom is -0.390 e. The molecule has 0 unspecified atom stereocenters. The van der Waals surface area contributed by atoms with Gasteiger partial charge in [-0.3, -0.25) is 9.69 Å². The number of benzene rings is 1. The molecule has 2 heterocycles. The summed E-state index contributed by atoms with van der Waals surface area (Å²) in [6, 6.07) is 9.69. The van der Waals surface area contributed by atoms with Crippen LogP contribution in [0.25, 0.3) is 0 Å². The average molecular weight is 287 g/mol. The summed E-state index contributed by atoms with van der Waals surface area (Å²) >= 11 is 0. The van der Waals surface area contributed by atoms with E-state index in [0.29, 0.717) is 12.2 Å². The van der Waals surface area contributed by atoms with Gasteiger partial charge in [0.05, 0.1) is 12.7 Å². The molecule has 0 spiro atoms. The fraction of sp³-hybridized carbons (Fsp3) is 0.471. The number of carbonyl (C=O) groups excluding carboxylic acids is 1. The summed E-state index contributed by atoms with van der Waals surface area (Å²) in [4.78, 5) is 14.3. The van der Waals surface area contributed by atoms with E-state index in [1.54, 1.807) is 11.8 Å². The Morgan fingerprint density at radius 3 is 2.62 bits per heavy atom. The summed E-state index contributed by atoms with van der Waals surface area (Å²) in [5.41, 5.74) is 0.876. The Balaban J connectivity index is 2.03. The number of rotatable bonds is 3. The quantitative estimate of drug-likeness (QED) is 0.927. The third kappa shape index (κ3) is 2.01. The lowest BCUT2D eigenvalue weighted by atomic mass is 9.86. The minimum atomic E-state index is -0.740. The van der Waals surface area contributed by atoms with E-state index >= 15 is 0 Å². The Labute approximate surface area is 125 Å². The van der Waals surface area contributed by atoms with Crippen molar-refractivity contribution >= 4 is 5.91 Å². The van der Waals surface area contributed by atoms with E-state index in [1.807, 2.05) is 50.3 Å². The van der Waals surface area contributed by atoms with Gasteiger partial charge in [0.2, 0.25) is 0 Å². The van der Waals surface area contributed by atoms with Crippen LogP contribution in [-0.2, 0) is 9.53 Å². The van der Waals surface area contributed by atoms with Gasteiger partial charge < -0.3 is 9.84 Å². The number of fused-ring (bicyclic) bond motifs is 1. The highest BCUT2D eigenvalue weighted by Gasteiger charge is 2.57. The van der Waals surface area contributed by atoms with Crippen molar-refractivity contribution in [3.05, 3.63) is 47.5 Å². The molecule has 1 aromatic carbocycles. The first-order valence-corrected chi connectivity index (χ1v) is 7.35. The Kier molecular flexibility index (Phi) is 3.38. The standard InChI is InChI=1S/C17H21NO3/c1-11(2)14(19)17-9-12(3)15(20)18(17)16(21-10-17)13-7-5-4-6-8-13/h4-9,11,14,16,19H,10H2,1-3H3/t14-,16-,17+/m1/s1. The molecule has 0 radical (unpaired) electrons. The number of carbonyl (C=O) groups is 1. The first kappa shape index (κ1) is 14.3. The maximum Gasteiger partial charge on any atom is 0.252 e. The van der Waals surface area contributed by atoms with Crippen LogP contribution in [0.1, 0.15) is 32.6 Å². The molecule has 1 N–H and O–H groups in total. The maximum absolute atomic E-state index is 12.6. The van der Waals surface area contributed by atoms with Gasteiger partial charge in [-0.05, 0) is 18.9 Å². The van der Waals surface area contributed by atoms with Crippen LogP contribution in [-0.4, -0.2) is 34.2 Å². The van der Waals surface area contributed by atoms with Crippen LogP contribution >= 0.6 is 0 Å². The molecule has 0 bridgehead atoms. The van der Waals surface area contributed by atoms with Crippen molar-refractivity contribution in [1.82, 2.24) is 4.90 Å². The molecule has 4 nitrogen and oxygen atoms in total. The topological polar surface area (TPSA) is 49.8 Å². The first-order chi connectivity index (χ1) is 9.97. The highest BCUT2D eigenvalue weighted by atomic mass is 16.5. The monoisotopic (exact) mass is 287 g/mol. The van der Waals surface area contributed by atoms with Gasteiger partial charge >= 0.3 is 0 Å². The van der Waals surface area contributed by atoms with Gasteiger partial charge in [-0.2, -0.15) is 0 Å². The van der Waals surface area contributed by atoms with E-state index in [-0.39, 0.29) is 11.8 Å². The van der Waals surface area contributed by atoms with E-state index in [4.69, 9.17) is 4.74 Å². The second-order valence-electron chi connectivity index (χ2n) is 6.26. The van der Waals surface area contributed by atoms with Gasteiger partial charge in [0.1, 0.15) is 5.54 Å². The van der Waals surface area contributed by atoms with Crippen LogP contribution < -0.4 is 0 Å². The molecule has 21 heavy (non-hydrogen) atoms. The summed E-state index contributed by atoms with van der Waals surface area (Å²) in [5.74, 6) is -0.0124. The number of ether oxygens (including phenoxy) is 1. The number of hydrogen-bond acceptors (Lipinski definition) is 3. The molecule has 3 rings (SSSR count). The van der Waals surface area contributed by atoms with E-state index in [2.05, 4.69) is 0 Å². The van der Waals surface area contributed by atoms with Crippen LogP contribution in [0.2, 0.25) is 0 Å². The van der Waals surface area contributed by atoms with Gasteiger partial charge in [-0.25, -0.2) is 0 Å². The van der Waals surface area contributed by atoms with Crippen molar-refractivity contribution < 1.29 is 14.6 Å². The second-order valence-corrected chi connectivity index (χ2v) is 6.26. The Bertz CT molecular complexity index is 581. The van der Waals surface area contributed by atoms with Gasteiger partial charge in [-0.15, -0.1) is 0 Å². The zero-order chi connectivity index (χ0) is 15.2. The SMILES string of the molecule is CC1=C[C@@]2([C@H](O)C(C)C)CO[C@H](c3ccccc3)N2C1=O. The zero-order valence-electron chi connectivity index (χ0n) is 12.6. The summed E-state index contributed by atoms with van der Waals surface area (Å²) in [5, 5.41) is 10.7. The number of aliphatic hydroxyl groups is 1. The zero-order valence-corrected chi connectivity index (χ0v) is 12.6. The third-order valence-corrected chi connectivity index (χ3v) is 4.41. The molecule has 4 heteroatoms. The van der Waals surface area contributed by atoms with Crippen LogP contribution in [0.5, 0.6) is 0 Å². The number of amides is 1. The smallest absolute Gasteiger partial charge is 0.252 e. The largest absolute Gasteiger partial charge is 0.390 e. The van der Waals surface area contributed by atoms with Crippen molar-refractivity contribution in [2.75, 3.05) is 6.61 Å². The van der Waals surface area contributed by atoms with Crippen molar-refractivity contribution in [1.29, 1.82) is 0 Å². The lowest BCUT2D eigenvalue weighted by molar-refractivity contribution is -0.137. The molecule has 1 saturated heterocycles. The van der Waals surface area contributed by atoms with E-state index in [0.717, 1.165) is 5.56 Å². The van der Waals surface area contributed by atoms with Crippen LogP contribution in [0.3, 0.4) is 0 Å². The summed E-state index contributed by atoms with van der Waals surface area (Å²) in [6.07, 6.45) is 0.802. The summed E-state index contributed by atoms with van der Waals surface area (Å²) in [7, 11) is 0. The van der Waals surface area contributed by atoms with E-state index in [1.165, 1.54) is 0 Å². The Hall–Kier alpha value is -1.65. The molecule has 1 aromatic rings. The van der Waals surface area contributed by atoms with Crippen molar-refractivity contribution in [2.45, 2.75) is 38.6 Å². The molecule has 0 aromatic heterocycles. The van der Waals surface area contributed by atoms with E-state index in [9.17, 15) is 9.90 Å². The number of aliphatic hydroxyl groups excluding tert-OH is 1. The molecule has 1 amide bonds. The van der Waals surface area contributed by atoms with Crippen molar-refractivity contribution in [2.24, 2.45) is 5.92 Å². The fourth-order valence-electron chi connectivity index (χ4n) is 3.36. The molecule has 1 fully saturated rings. The molecule has 2 aliphatic heterocycles. The fourth-order valence-corrected chi connectivity index (χ4v) is 3.36. The van der Waals surface area contributed by atoms with Gasteiger partial charge in [0.25, 0.3) is 5.91 Å². The molecule has 0 saturated carbocycles. The molecular weight excluding hydrogens is 266 g/mol. The normalized spacial score (nSPS) is 29.8. The summed E-state index contributed by atoms with van der Waals surface area (Å²) in [6.45, 7) is 6.05. The average Bonchev–Trinajstić information content (AvgIpc) is 2.97. The first-order valence-electron chi connectivity index (χ1n) is 7.35. The highest BCUT2D eigenvalue weighted by Crippen LogP contribution is 2.46. The minimum absolute atomic E-state index is 0.0422. The number of nitrogens with zero attached hydrogens (tertiary/aromatic N) is 1.